The van der Waals surface area contributed by atoms with Crippen LogP contribution in [0.25, 0.3) is 0 Å². The molecule has 1 heterocycles. The number of amides is 2. The highest BCUT2D eigenvalue weighted by Gasteiger charge is 2.41. The zero-order chi connectivity index (χ0) is 15.4. The number of nitrogens with zero attached hydrogens (tertiary/aromatic N) is 1. The number of ether oxygens (including phenoxy) is 1. The van der Waals surface area contributed by atoms with E-state index in [2.05, 4.69) is 19.2 Å². The predicted molar refractivity (Wildman–Crippen MR) is 80.7 cm³/mol. The van der Waals surface area contributed by atoms with E-state index in [1.54, 1.807) is 12.0 Å². The molecule has 1 saturated heterocycles. The van der Waals surface area contributed by atoms with Crippen LogP contribution in [0.3, 0.4) is 0 Å². The van der Waals surface area contributed by atoms with Crippen LogP contribution >= 0.6 is 0 Å². The van der Waals surface area contributed by atoms with E-state index in [-0.39, 0.29) is 36.4 Å². The van der Waals surface area contributed by atoms with Crippen LogP contribution in [0.1, 0.15) is 46.0 Å². The summed E-state index contributed by atoms with van der Waals surface area (Å²) >= 11 is 0. The maximum absolute atomic E-state index is 12.8. The molecule has 120 valence electrons. The lowest BCUT2D eigenvalue weighted by atomic mass is 9.82. The van der Waals surface area contributed by atoms with E-state index in [1.807, 2.05) is 0 Å². The third kappa shape index (κ3) is 3.76. The molecule has 21 heavy (non-hydrogen) atoms. The fourth-order valence-corrected chi connectivity index (χ4v) is 3.57. The number of methoxy groups -OCH3 is 1. The fourth-order valence-electron chi connectivity index (χ4n) is 3.57. The zero-order valence-corrected chi connectivity index (χ0v) is 13.4. The van der Waals surface area contributed by atoms with Crippen LogP contribution in [0.2, 0.25) is 0 Å². The van der Waals surface area contributed by atoms with E-state index in [0.717, 1.165) is 25.7 Å². The van der Waals surface area contributed by atoms with Crippen LogP contribution in [-0.2, 0) is 14.3 Å². The minimum Gasteiger partial charge on any atom is -0.383 e. The number of carbonyl (C=O) groups is 2. The van der Waals surface area contributed by atoms with Crippen LogP contribution in [0.4, 0.5) is 0 Å². The first-order valence-electron chi connectivity index (χ1n) is 8.13. The molecule has 0 bridgehead atoms. The summed E-state index contributed by atoms with van der Waals surface area (Å²) in [4.78, 5) is 26.6. The van der Waals surface area contributed by atoms with Crippen molar-refractivity contribution in [2.75, 3.05) is 20.3 Å². The van der Waals surface area contributed by atoms with E-state index in [9.17, 15) is 9.59 Å². The molecule has 1 aliphatic heterocycles. The highest BCUT2D eigenvalue weighted by Crippen LogP contribution is 2.29. The van der Waals surface area contributed by atoms with Crippen molar-refractivity contribution in [3.05, 3.63) is 0 Å². The van der Waals surface area contributed by atoms with Gasteiger partial charge in [0, 0.05) is 7.11 Å². The Kier molecular flexibility index (Phi) is 5.62. The molecule has 0 aromatic carbocycles. The molecule has 5 nitrogen and oxygen atoms in total. The van der Waals surface area contributed by atoms with E-state index in [1.165, 1.54) is 6.42 Å². The van der Waals surface area contributed by atoms with Crippen molar-refractivity contribution >= 4 is 11.8 Å². The van der Waals surface area contributed by atoms with Crippen LogP contribution in [0.5, 0.6) is 0 Å². The first-order chi connectivity index (χ1) is 10.0. The van der Waals surface area contributed by atoms with E-state index < -0.39 is 0 Å². The zero-order valence-electron chi connectivity index (χ0n) is 13.4. The summed E-state index contributed by atoms with van der Waals surface area (Å²) in [5, 5.41) is 2.93. The smallest absolute Gasteiger partial charge is 0.246 e. The van der Waals surface area contributed by atoms with E-state index in [0.29, 0.717) is 12.5 Å². The molecule has 5 heteroatoms. The highest BCUT2D eigenvalue weighted by molar-refractivity contribution is 5.95. The molecule has 2 fully saturated rings. The number of hydrogen-bond donors (Lipinski definition) is 1. The minimum atomic E-state index is -0.329. The Morgan fingerprint density at radius 3 is 2.48 bits per heavy atom. The summed E-state index contributed by atoms with van der Waals surface area (Å²) in [5.41, 5.74) is 0. The first kappa shape index (κ1) is 16.3. The van der Waals surface area contributed by atoms with Crippen molar-refractivity contribution in [3.8, 4) is 0 Å². The van der Waals surface area contributed by atoms with Crippen molar-refractivity contribution in [2.24, 2.45) is 11.8 Å². The van der Waals surface area contributed by atoms with Crippen molar-refractivity contribution in [3.63, 3.8) is 0 Å². The van der Waals surface area contributed by atoms with Gasteiger partial charge in [-0.25, -0.2) is 0 Å². The van der Waals surface area contributed by atoms with Crippen LogP contribution in [0, 0.1) is 11.8 Å². The quantitative estimate of drug-likeness (QED) is 0.837. The highest BCUT2D eigenvalue weighted by atomic mass is 16.5. The second kappa shape index (κ2) is 7.25. The Hall–Kier alpha value is -1.10. The molecule has 2 amide bonds. The minimum absolute atomic E-state index is 0.0281. The Bertz CT molecular complexity index is 378. The molecule has 0 aromatic rings. The molecule has 1 aliphatic carbocycles. The molecule has 2 rings (SSSR count). The van der Waals surface area contributed by atoms with Gasteiger partial charge in [0.1, 0.15) is 6.04 Å². The summed E-state index contributed by atoms with van der Waals surface area (Å²) in [5.74, 6) is 0.615. The van der Waals surface area contributed by atoms with Gasteiger partial charge in [-0.15, -0.1) is 0 Å². The van der Waals surface area contributed by atoms with Crippen molar-refractivity contribution in [1.82, 2.24) is 10.2 Å². The number of piperazine rings is 1. The molecule has 2 atom stereocenters. The third-order valence-electron chi connectivity index (χ3n) is 4.81. The van der Waals surface area contributed by atoms with Gasteiger partial charge in [-0.1, -0.05) is 33.1 Å². The summed E-state index contributed by atoms with van der Waals surface area (Å²) in [6.07, 6.45) is 5.65. The van der Waals surface area contributed by atoms with Gasteiger partial charge in [0.2, 0.25) is 11.8 Å². The SMILES string of the molecule is COCC(C(C)C)N1CC(=O)NC(C2CCCCC2)C1=O. The van der Waals surface area contributed by atoms with Crippen LogP contribution in [0.15, 0.2) is 0 Å². The lowest BCUT2D eigenvalue weighted by Gasteiger charge is -2.42. The summed E-state index contributed by atoms with van der Waals surface area (Å²) in [6.45, 7) is 4.78. The molecule has 2 aliphatic rings. The standard InChI is InChI=1S/C16H28N2O3/c1-11(2)13(10-21-3)18-9-14(19)17-15(16(18)20)12-7-5-4-6-8-12/h11-13,15H,4-10H2,1-3H3,(H,17,19). The second-order valence-electron chi connectivity index (χ2n) is 6.68. The molecule has 1 N–H and O–H groups in total. The Labute approximate surface area is 127 Å². The summed E-state index contributed by atoms with van der Waals surface area (Å²) in [7, 11) is 1.64. The Morgan fingerprint density at radius 2 is 1.90 bits per heavy atom. The van der Waals surface area contributed by atoms with Crippen molar-refractivity contribution in [1.29, 1.82) is 0 Å². The van der Waals surface area contributed by atoms with Gasteiger partial charge in [0.05, 0.1) is 19.2 Å². The molecule has 0 spiro atoms. The second-order valence-corrected chi connectivity index (χ2v) is 6.68. The van der Waals surface area contributed by atoms with Gasteiger partial charge >= 0.3 is 0 Å². The van der Waals surface area contributed by atoms with Crippen molar-refractivity contribution in [2.45, 2.75) is 58.0 Å². The largest absolute Gasteiger partial charge is 0.383 e. The number of nitrogens with one attached hydrogen (secondary N) is 1. The fraction of sp³-hybridized carbons (Fsp3) is 0.875. The average molecular weight is 296 g/mol. The summed E-state index contributed by atoms with van der Waals surface area (Å²) in [6, 6.07) is -0.357. The van der Waals surface area contributed by atoms with E-state index >= 15 is 0 Å². The molecule has 2 unspecified atom stereocenters. The lowest BCUT2D eigenvalue weighted by Crippen LogP contribution is -2.64. The molecule has 0 aromatic heterocycles. The lowest BCUT2D eigenvalue weighted by molar-refractivity contribution is -0.151. The van der Waals surface area contributed by atoms with Crippen molar-refractivity contribution < 1.29 is 14.3 Å². The maximum Gasteiger partial charge on any atom is 0.246 e. The Balaban J connectivity index is 2.13. The van der Waals surface area contributed by atoms with Crippen LogP contribution in [-0.4, -0.2) is 49.1 Å². The Morgan fingerprint density at radius 1 is 1.24 bits per heavy atom. The maximum atomic E-state index is 12.8. The van der Waals surface area contributed by atoms with Crippen LogP contribution < -0.4 is 5.32 Å². The third-order valence-corrected chi connectivity index (χ3v) is 4.81. The number of rotatable bonds is 5. The molecule has 0 radical (unpaired) electrons. The van der Waals surface area contributed by atoms with Gasteiger partial charge in [0.25, 0.3) is 0 Å². The van der Waals surface area contributed by atoms with Gasteiger partial charge in [0.15, 0.2) is 0 Å². The average Bonchev–Trinajstić information content (AvgIpc) is 2.47. The normalized spacial score (nSPS) is 26.1. The van der Waals surface area contributed by atoms with E-state index in [4.69, 9.17) is 4.74 Å². The number of hydrogen-bond acceptors (Lipinski definition) is 3. The summed E-state index contributed by atoms with van der Waals surface area (Å²) < 4.78 is 5.26. The monoisotopic (exact) mass is 296 g/mol. The van der Waals surface area contributed by atoms with Gasteiger partial charge in [-0.2, -0.15) is 0 Å². The topological polar surface area (TPSA) is 58.6 Å². The van der Waals surface area contributed by atoms with Gasteiger partial charge in [-0.05, 0) is 24.7 Å². The first-order valence-corrected chi connectivity index (χ1v) is 8.13. The predicted octanol–water partition coefficient (Wildman–Crippen LogP) is 1.56. The van der Waals surface area contributed by atoms with Gasteiger partial charge < -0.3 is 15.0 Å². The molecule has 1 saturated carbocycles. The number of carbonyl (C=O) groups excluding carboxylic acids is 2. The molecular formula is C16H28N2O3. The molecular weight excluding hydrogens is 268 g/mol. The van der Waals surface area contributed by atoms with Gasteiger partial charge in [-0.3, -0.25) is 9.59 Å².